The number of hydrogen-bond acceptors (Lipinski definition) is 2. The molecular weight excluding hydrogens is 236 g/mol. The van der Waals surface area contributed by atoms with Crippen molar-refractivity contribution >= 4 is 0 Å². The first-order chi connectivity index (χ1) is 8.81. The Kier molecular flexibility index (Phi) is 3.76. The zero-order valence-corrected chi connectivity index (χ0v) is 13.0. The van der Waals surface area contributed by atoms with Crippen LogP contribution in [0, 0.1) is 0 Å². The van der Waals surface area contributed by atoms with Crippen molar-refractivity contribution in [3.8, 4) is 0 Å². The van der Waals surface area contributed by atoms with Gasteiger partial charge in [-0.2, -0.15) is 0 Å². The fourth-order valence-electron chi connectivity index (χ4n) is 3.12. The summed E-state index contributed by atoms with van der Waals surface area (Å²) in [7, 11) is 3.37. The van der Waals surface area contributed by atoms with Crippen molar-refractivity contribution in [2.45, 2.75) is 57.7 Å². The van der Waals surface area contributed by atoms with Gasteiger partial charge in [0.1, 0.15) is 0 Å². The van der Waals surface area contributed by atoms with Crippen molar-refractivity contribution in [1.82, 2.24) is 0 Å². The van der Waals surface area contributed by atoms with Crippen LogP contribution < -0.4 is 0 Å². The minimum Gasteiger partial charge on any atom is -0.352 e. The van der Waals surface area contributed by atoms with Gasteiger partial charge in [-0.25, -0.2) is 0 Å². The minimum atomic E-state index is -0.272. The van der Waals surface area contributed by atoms with Crippen LogP contribution in [0.2, 0.25) is 0 Å². The molecule has 0 fully saturated rings. The zero-order valence-electron chi connectivity index (χ0n) is 13.0. The van der Waals surface area contributed by atoms with E-state index in [2.05, 4.69) is 45.9 Å². The lowest BCUT2D eigenvalue weighted by molar-refractivity contribution is -0.106. The van der Waals surface area contributed by atoms with Crippen molar-refractivity contribution in [3.63, 3.8) is 0 Å². The molecule has 0 bridgehead atoms. The van der Waals surface area contributed by atoms with Gasteiger partial charge < -0.3 is 9.47 Å². The third-order valence-electron chi connectivity index (χ3n) is 4.58. The third kappa shape index (κ3) is 2.56. The van der Waals surface area contributed by atoms with Crippen LogP contribution in [-0.4, -0.2) is 14.2 Å². The van der Waals surface area contributed by atoms with Crippen LogP contribution in [0.25, 0.3) is 0 Å². The smallest absolute Gasteiger partial charge is 0.183 e. The number of hydrogen-bond donors (Lipinski definition) is 0. The Morgan fingerprint density at radius 1 is 0.895 bits per heavy atom. The molecule has 19 heavy (non-hydrogen) atoms. The molecule has 0 aromatic heterocycles. The van der Waals surface area contributed by atoms with Gasteiger partial charge in [0.25, 0.3) is 0 Å². The number of methoxy groups -OCH3 is 2. The Hall–Kier alpha value is -0.860. The average Bonchev–Trinajstić information content (AvgIpc) is 2.37. The highest BCUT2D eigenvalue weighted by Crippen LogP contribution is 2.46. The van der Waals surface area contributed by atoms with Gasteiger partial charge in [-0.05, 0) is 40.9 Å². The first-order valence-corrected chi connectivity index (χ1v) is 7.02. The van der Waals surface area contributed by atoms with Crippen molar-refractivity contribution in [1.29, 1.82) is 0 Å². The normalized spacial score (nSPS) is 20.4. The second-order valence-electron chi connectivity index (χ2n) is 6.88. The third-order valence-corrected chi connectivity index (χ3v) is 4.58. The summed E-state index contributed by atoms with van der Waals surface area (Å²) in [5, 5.41) is 0. The first-order valence-electron chi connectivity index (χ1n) is 7.02. The Morgan fingerprint density at radius 3 is 1.95 bits per heavy atom. The summed E-state index contributed by atoms with van der Waals surface area (Å²) in [4.78, 5) is 0. The van der Waals surface area contributed by atoms with Crippen LogP contribution in [0.15, 0.2) is 18.2 Å². The molecule has 2 rings (SSSR count). The van der Waals surface area contributed by atoms with Crippen LogP contribution in [0.5, 0.6) is 0 Å². The Bertz CT molecular complexity index is 456. The van der Waals surface area contributed by atoms with E-state index >= 15 is 0 Å². The molecule has 0 saturated carbocycles. The number of ether oxygens (including phenoxy) is 2. The number of benzene rings is 1. The molecule has 0 amide bonds. The topological polar surface area (TPSA) is 18.5 Å². The Balaban J connectivity index is 2.53. The predicted molar refractivity (Wildman–Crippen MR) is 78.5 cm³/mol. The molecule has 0 aliphatic heterocycles. The van der Waals surface area contributed by atoms with Gasteiger partial charge in [0.2, 0.25) is 0 Å². The molecule has 106 valence electrons. The molecule has 1 aromatic carbocycles. The molecule has 0 spiro atoms. The second kappa shape index (κ2) is 4.92. The highest BCUT2D eigenvalue weighted by molar-refractivity contribution is 5.43. The predicted octanol–water partition coefficient (Wildman–Crippen LogP) is 4.33. The minimum absolute atomic E-state index is 0.229. The van der Waals surface area contributed by atoms with Crippen molar-refractivity contribution in [3.05, 3.63) is 34.9 Å². The van der Waals surface area contributed by atoms with Crippen LogP contribution in [0.3, 0.4) is 0 Å². The Labute approximate surface area is 117 Å². The van der Waals surface area contributed by atoms with E-state index in [4.69, 9.17) is 9.47 Å². The molecule has 0 unspecified atom stereocenters. The van der Waals surface area contributed by atoms with E-state index < -0.39 is 0 Å². The summed E-state index contributed by atoms with van der Waals surface area (Å²) < 4.78 is 10.7. The largest absolute Gasteiger partial charge is 0.352 e. The lowest BCUT2D eigenvalue weighted by Crippen LogP contribution is -2.34. The maximum atomic E-state index is 5.37. The maximum absolute atomic E-state index is 5.37. The van der Waals surface area contributed by atoms with Crippen LogP contribution in [0.4, 0.5) is 0 Å². The summed E-state index contributed by atoms with van der Waals surface area (Å²) in [5.41, 5.74) is 4.51. The molecule has 0 radical (unpaired) electrons. The Morgan fingerprint density at radius 2 is 1.42 bits per heavy atom. The second-order valence-corrected chi connectivity index (χ2v) is 6.88. The molecule has 0 heterocycles. The van der Waals surface area contributed by atoms with E-state index in [1.54, 1.807) is 14.2 Å². The zero-order chi connectivity index (χ0) is 14.3. The average molecular weight is 262 g/mol. The van der Waals surface area contributed by atoms with E-state index in [0.717, 1.165) is 5.56 Å². The highest BCUT2D eigenvalue weighted by Gasteiger charge is 2.37. The van der Waals surface area contributed by atoms with Gasteiger partial charge in [-0.15, -0.1) is 0 Å². The monoisotopic (exact) mass is 262 g/mol. The molecule has 2 heteroatoms. The van der Waals surface area contributed by atoms with E-state index in [-0.39, 0.29) is 17.1 Å². The van der Waals surface area contributed by atoms with E-state index in [0.29, 0.717) is 0 Å². The molecule has 2 nitrogen and oxygen atoms in total. The summed E-state index contributed by atoms with van der Waals surface area (Å²) in [6.07, 6.45) is 2.19. The van der Waals surface area contributed by atoms with Gasteiger partial charge in [-0.3, -0.25) is 0 Å². The SMILES string of the molecule is COC(OC)c1ccc2c(c1)C(C)(C)CCC2(C)C. The van der Waals surface area contributed by atoms with E-state index in [9.17, 15) is 0 Å². The molecule has 0 N–H and O–H groups in total. The number of rotatable bonds is 3. The van der Waals surface area contributed by atoms with Crippen LogP contribution in [-0.2, 0) is 20.3 Å². The standard InChI is InChI=1S/C17H26O2/c1-16(2)9-10-17(3,4)14-11-12(7-8-13(14)16)15(18-5)19-6/h7-8,11,15H,9-10H2,1-6H3. The molecule has 1 aliphatic rings. The van der Waals surface area contributed by atoms with Crippen LogP contribution >= 0.6 is 0 Å². The lowest BCUT2D eigenvalue weighted by atomic mass is 9.63. The molecule has 1 aromatic rings. The number of fused-ring (bicyclic) bond motifs is 1. The van der Waals surface area contributed by atoms with Gasteiger partial charge in [0.05, 0.1) is 0 Å². The quantitative estimate of drug-likeness (QED) is 0.755. The molecule has 1 aliphatic carbocycles. The van der Waals surface area contributed by atoms with Crippen molar-refractivity contribution in [2.24, 2.45) is 0 Å². The summed E-state index contributed by atoms with van der Waals surface area (Å²) in [5.74, 6) is 0. The van der Waals surface area contributed by atoms with Crippen LogP contribution in [0.1, 0.15) is 63.5 Å². The fourth-order valence-corrected chi connectivity index (χ4v) is 3.12. The van der Waals surface area contributed by atoms with Crippen molar-refractivity contribution in [2.75, 3.05) is 14.2 Å². The maximum Gasteiger partial charge on any atom is 0.183 e. The highest BCUT2D eigenvalue weighted by atomic mass is 16.7. The van der Waals surface area contributed by atoms with Crippen molar-refractivity contribution < 1.29 is 9.47 Å². The van der Waals surface area contributed by atoms with Gasteiger partial charge in [0, 0.05) is 19.8 Å². The summed E-state index contributed by atoms with van der Waals surface area (Å²) in [6.45, 7) is 9.34. The summed E-state index contributed by atoms with van der Waals surface area (Å²) in [6, 6.07) is 6.67. The van der Waals surface area contributed by atoms with E-state index in [1.807, 2.05) is 0 Å². The van der Waals surface area contributed by atoms with E-state index in [1.165, 1.54) is 24.0 Å². The first kappa shape index (κ1) is 14.5. The fraction of sp³-hybridized carbons (Fsp3) is 0.647. The molecule has 0 saturated heterocycles. The van der Waals surface area contributed by atoms with Gasteiger partial charge in [-0.1, -0.05) is 39.8 Å². The molecular formula is C17H26O2. The molecule has 0 atom stereocenters. The van der Waals surface area contributed by atoms with Gasteiger partial charge in [0.15, 0.2) is 6.29 Å². The van der Waals surface area contributed by atoms with Gasteiger partial charge >= 0.3 is 0 Å². The summed E-state index contributed by atoms with van der Waals surface area (Å²) >= 11 is 0. The lowest BCUT2D eigenvalue weighted by Gasteiger charge is -2.42.